The smallest absolute Gasteiger partial charge is 0.326 e. The molecule has 0 aliphatic carbocycles. The molecular weight excluding hydrogens is 426 g/mol. The fourth-order valence-electron chi connectivity index (χ4n) is 3.61. The number of furan rings is 1. The van der Waals surface area contributed by atoms with Crippen LogP contribution in [0.2, 0.25) is 0 Å². The number of carboxylic acids is 1. The first-order valence-electron chi connectivity index (χ1n) is 10.2. The van der Waals surface area contributed by atoms with Gasteiger partial charge in [0.2, 0.25) is 0 Å². The molecule has 1 heterocycles. The summed E-state index contributed by atoms with van der Waals surface area (Å²) in [6.45, 7) is 1.97. The van der Waals surface area contributed by atoms with Crippen LogP contribution in [0.4, 0.5) is 0 Å². The molecule has 2 unspecified atom stereocenters. The number of aliphatic carboxylic acids is 1. The van der Waals surface area contributed by atoms with Gasteiger partial charge in [0.05, 0.1) is 6.26 Å². The number of hydrogen-bond donors (Lipinski definition) is 2. The molecule has 3 aromatic rings. The van der Waals surface area contributed by atoms with Crippen molar-refractivity contribution >= 4 is 23.6 Å². The van der Waals surface area contributed by atoms with Crippen LogP contribution in [0.25, 0.3) is 11.1 Å². The number of amides is 1. The van der Waals surface area contributed by atoms with E-state index in [2.05, 4.69) is 5.32 Å². The number of aryl methyl sites for hydroxylation is 1. The van der Waals surface area contributed by atoms with Crippen molar-refractivity contribution in [2.24, 2.45) is 0 Å². The van der Waals surface area contributed by atoms with Gasteiger partial charge in [-0.15, -0.1) is 0 Å². The maximum absolute atomic E-state index is 13.2. The van der Waals surface area contributed by atoms with Crippen molar-refractivity contribution in [2.75, 3.05) is 19.1 Å². The molecule has 0 fully saturated rings. The first kappa shape index (κ1) is 23.6. The summed E-state index contributed by atoms with van der Waals surface area (Å²) in [5.41, 5.74) is 3.84. The molecule has 0 aliphatic rings. The molecule has 2 N–H and O–H groups in total. The molecule has 0 bridgehead atoms. The largest absolute Gasteiger partial charge is 0.480 e. The van der Waals surface area contributed by atoms with Gasteiger partial charge in [0.25, 0.3) is 5.91 Å². The van der Waals surface area contributed by atoms with Crippen LogP contribution >= 0.6 is 11.8 Å². The Morgan fingerprint density at radius 1 is 1.12 bits per heavy atom. The summed E-state index contributed by atoms with van der Waals surface area (Å²) in [4.78, 5) is 24.8. The number of ether oxygens (including phenoxy) is 1. The maximum Gasteiger partial charge on any atom is 0.326 e. The van der Waals surface area contributed by atoms with Gasteiger partial charge in [0, 0.05) is 12.7 Å². The van der Waals surface area contributed by atoms with Gasteiger partial charge in [-0.1, -0.05) is 30.3 Å². The maximum atomic E-state index is 13.2. The summed E-state index contributed by atoms with van der Waals surface area (Å²) in [5.74, 6) is -0.170. The summed E-state index contributed by atoms with van der Waals surface area (Å²) in [6.07, 6.45) is 3.41. The van der Waals surface area contributed by atoms with Crippen LogP contribution < -0.4 is 5.32 Å². The van der Waals surface area contributed by atoms with Crippen molar-refractivity contribution in [3.8, 4) is 11.1 Å². The fourth-order valence-corrected chi connectivity index (χ4v) is 4.08. The highest BCUT2D eigenvalue weighted by molar-refractivity contribution is 7.98. The molecule has 0 aliphatic heterocycles. The number of carboxylic acid groups (broad SMARTS) is 1. The molecule has 1 amide bonds. The van der Waals surface area contributed by atoms with E-state index in [4.69, 9.17) is 9.15 Å². The Morgan fingerprint density at radius 3 is 2.53 bits per heavy atom. The number of hydrogen-bond acceptors (Lipinski definition) is 5. The first-order valence-corrected chi connectivity index (χ1v) is 11.6. The molecule has 7 heteroatoms. The lowest BCUT2D eigenvalue weighted by Crippen LogP contribution is -2.41. The monoisotopic (exact) mass is 453 g/mol. The number of rotatable bonds is 10. The third kappa shape index (κ3) is 5.41. The molecule has 0 radical (unpaired) electrons. The van der Waals surface area contributed by atoms with Crippen molar-refractivity contribution in [2.45, 2.75) is 25.5 Å². The zero-order valence-electron chi connectivity index (χ0n) is 18.3. The predicted molar refractivity (Wildman–Crippen MR) is 126 cm³/mol. The molecule has 0 saturated carbocycles. The third-order valence-corrected chi connectivity index (χ3v) is 5.92. The Balaban J connectivity index is 2.04. The molecule has 168 valence electrons. The fraction of sp³-hybridized carbons (Fsp3) is 0.280. The third-order valence-electron chi connectivity index (χ3n) is 5.28. The second kappa shape index (κ2) is 11.0. The molecule has 2 atom stereocenters. The minimum atomic E-state index is -1.04. The predicted octanol–water partition coefficient (Wildman–Crippen LogP) is 4.93. The number of nitrogens with one attached hydrogen (secondary N) is 1. The summed E-state index contributed by atoms with van der Waals surface area (Å²) < 4.78 is 11.2. The average Bonchev–Trinajstić information content (AvgIpc) is 3.31. The van der Waals surface area contributed by atoms with Gasteiger partial charge in [-0.05, 0) is 71.9 Å². The van der Waals surface area contributed by atoms with E-state index in [0.29, 0.717) is 29.1 Å². The van der Waals surface area contributed by atoms with E-state index < -0.39 is 24.0 Å². The highest BCUT2D eigenvalue weighted by Gasteiger charge is 2.24. The zero-order chi connectivity index (χ0) is 23.1. The van der Waals surface area contributed by atoms with Crippen LogP contribution in [0.15, 0.2) is 65.3 Å². The van der Waals surface area contributed by atoms with Crippen LogP contribution in [0, 0.1) is 6.92 Å². The topological polar surface area (TPSA) is 88.8 Å². The molecule has 3 rings (SSSR count). The Morgan fingerprint density at radius 2 is 1.91 bits per heavy atom. The van der Waals surface area contributed by atoms with Crippen LogP contribution in [0.3, 0.4) is 0 Å². The highest BCUT2D eigenvalue weighted by atomic mass is 32.2. The summed E-state index contributed by atoms with van der Waals surface area (Å²) >= 11 is 1.54. The number of benzene rings is 2. The van der Waals surface area contributed by atoms with Gasteiger partial charge >= 0.3 is 5.97 Å². The quantitative estimate of drug-likeness (QED) is 0.453. The highest BCUT2D eigenvalue weighted by Crippen LogP contribution is 2.33. The van der Waals surface area contributed by atoms with Gasteiger partial charge in [-0.3, -0.25) is 4.79 Å². The second-order valence-corrected chi connectivity index (χ2v) is 8.38. The van der Waals surface area contributed by atoms with Gasteiger partial charge in [0.15, 0.2) is 0 Å². The SMILES string of the molecule is COC(c1ccc(C(=O)NC(CCSC)C(=O)O)c(-c2ccccc2C)c1)c1ccco1. The van der Waals surface area contributed by atoms with Crippen molar-refractivity contribution in [1.82, 2.24) is 5.32 Å². The lowest BCUT2D eigenvalue weighted by atomic mass is 9.92. The average molecular weight is 454 g/mol. The van der Waals surface area contributed by atoms with Crippen molar-refractivity contribution < 1.29 is 23.8 Å². The Labute approximate surface area is 192 Å². The number of thioether (sulfide) groups is 1. The number of carbonyl (C=O) groups excluding carboxylic acids is 1. The van der Waals surface area contributed by atoms with Gasteiger partial charge in [-0.2, -0.15) is 11.8 Å². The van der Waals surface area contributed by atoms with E-state index in [1.54, 1.807) is 37.3 Å². The van der Waals surface area contributed by atoms with Crippen molar-refractivity contribution in [3.05, 3.63) is 83.3 Å². The lowest BCUT2D eigenvalue weighted by Gasteiger charge is -2.19. The van der Waals surface area contributed by atoms with E-state index in [-0.39, 0.29) is 0 Å². The van der Waals surface area contributed by atoms with Gasteiger partial charge < -0.3 is 19.6 Å². The molecule has 32 heavy (non-hydrogen) atoms. The summed E-state index contributed by atoms with van der Waals surface area (Å²) in [7, 11) is 1.60. The van der Waals surface area contributed by atoms with E-state index >= 15 is 0 Å². The minimum absolute atomic E-state index is 0.351. The molecule has 6 nitrogen and oxygen atoms in total. The van der Waals surface area contributed by atoms with E-state index in [1.807, 2.05) is 55.6 Å². The molecule has 0 saturated heterocycles. The normalized spacial score (nSPS) is 12.8. The van der Waals surface area contributed by atoms with Crippen LogP contribution in [0.5, 0.6) is 0 Å². The Bertz CT molecular complexity index is 1060. The Hall–Kier alpha value is -3.03. The summed E-state index contributed by atoms with van der Waals surface area (Å²) in [6, 6.07) is 15.9. The van der Waals surface area contributed by atoms with Gasteiger partial charge in [0.1, 0.15) is 17.9 Å². The van der Waals surface area contributed by atoms with Gasteiger partial charge in [-0.25, -0.2) is 4.79 Å². The van der Waals surface area contributed by atoms with E-state index in [1.165, 1.54) is 0 Å². The van der Waals surface area contributed by atoms with Crippen molar-refractivity contribution in [1.29, 1.82) is 0 Å². The van der Waals surface area contributed by atoms with E-state index in [0.717, 1.165) is 16.7 Å². The van der Waals surface area contributed by atoms with Crippen molar-refractivity contribution in [3.63, 3.8) is 0 Å². The zero-order valence-corrected chi connectivity index (χ0v) is 19.1. The first-order chi connectivity index (χ1) is 15.5. The molecule has 0 spiro atoms. The molecule has 1 aromatic heterocycles. The lowest BCUT2D eigenvalue weighted by molar-refractivity contribution is -0.139. The van der Waals surface area contributed by atoms with Crippen LogP contribution in [-0.4, -0.2) is 42.1 Å². The van der Waals surface area contributed by atoms with E-state index in [9.17, 15) is 14.7 Å². The van der Waals surface area contributed by atoms with Crippen LogP contribution in [0.1, 0.15) is 39.8 Å². The molecular formula is C25H27NO5S. The standard InChI is InChI=1S/C25H27NO5S/c1-16-7-4-5-8-18(16)20-15-17(23(30-2)22-9-6-13-31-22)10-11-19(20)24(27)26-21(25(28)29)12-14-32-3/h4-11,13,15,21,23H,12,14H2,1-3H3,(H,26,27)(H,28,29). The summed E-state index contributed by atoms with van der Waals surface area (Å²) in [5, 5.41) is 12.2. The number of carbonyl (C=O) groups is 2. The number of methoxy groups -OCH3 is 1. The van der Waals surface area contributed by atoms with Crippen LogP contribution in [-0.2, 0) is 9.53 Å². The molecule has 2 aromatic carbocycles. The Kier molecular flexibility index (Phi) is 8.14. The minimum Gasteiger partial charge on any atom is -0.480 e. The second-order valence-electron chi connectivity index (χ2n) is 7.40.